The molecular weight excluding hydrogens is 550 g/mol. The molecule has 0 atom stereocenters. The van der Waals surface area contributed by atoms with Crippen molar-refractivity contribution in [3.8, 4) is 22.5 Å². The topological polar surface area (TPSA) is 95.6 Å². The van der Waals surface area contributed by atoms with Gasteiger partial charge in [-0.15, -0.1) is 0 Å². The Labute approximate surface area is 237 Å². The third kappa shape index (κ3) is 6.04. The number of anilines is 1. The van der Waals surface area contributed by atoms with Gasteiger partial charge >= 0.3 is 6.09 Å². The highest BCUT2D eigenvalue weighted by molar-refractivity contribution is 7.90. The van der Waals surface area contributed by atoms with Gasteiger partial charge in [0.25, 0.3) is 0 Å². The van der Waals surface area contributed by atoms with Gasteiger partial charge in [-0.1, -0.05) is 12.1 Å². The first-order chi connectivity index (χ1) is 19.2. The van der Waals surface area contributed by atoms with Gasteiger partial charge in [0, 0.05) is 66.4 Å². The molecule has 2 aromatic carbocycles. The molecule has 0 saturated carbocycles. The number of H-pyrrole nitrogens is 1. The monoisotopic (exact) mass is 582 g/mol. The number of amides is 1. The van der Waals surface area contributed by atoms with Gasteiger partial charge in [-0.3, -0.25) is 4.98 Å². The molecule has 0 spiro atoms. The Morgan fingerprint density at radius 2 is 1.63 bits per heavy atom. The number of nitrogens with one attached hydrogen (secondary N) is 1. The first kappa shape index (κ1) is 28.5. The average Bonchev–Trinajstić information content (AvgIpc) is 3.33. The van der Waals surface area contributed by atoms with Crippen molar-refractivity contribution in [3.05, 3.63) is 65.9 Å². The van der Waals surface area contributed by atoms with Crippen molar-refractivity contribution in [2.24, 2.45) is 0 Å². The number of pyridine rings is 1. The van der Waals surface area contributed by atoms with Gasteiger partial charge in [-0.05, 0) is 63.6 Å². The molecule has 0 aliphatic carbocycles. The van der Waals surface area contributed by atoms with Crippen LogP contribution < -0.4 is 4.90 Å². The summed E-state index contributed by atoms with van der Waals surface area (Å²) in [6.45, 7) is 8.54. The summed E-state index contributed by atoms with van der Waals surface area (Å²) in [5, 5.41) is 0.816. The number of aromatic amines is 1. The number of aromatic nitrogens is 2. The number of fused-ring (bicyclic) bond motifs is 1. The van der Waals surface area contributed by atoms with Crippen molar-refractivity contribution in [2.75, 3.05) is 37.3 Å². The number of carbonyl (C=O) groups is 1. The largest absolute Gasteiger partial charge is 0.444 e. The first-order valence-electron chi connectivity index (χ1n) is 13.2. The number of hydrogen-bond donors (Lipinski definition) is 1. The van der Waals surface area contributed by atoms with Gasteiger partial charge in [0.2, 0.25) is 0 Å². The van der Waals surface area contributed by atoms with Crippen LogP contribution in [0, 0.1) is 18.6 Å². The molecule has 11 heteroatoms. The molecule has 216 valence electrons. The first-order valence-corrected chi connectivity index (χ1v) is 15.1. The van der Waals surface area contributed by atoms with Gasteiger partial charge in [-0.25, -0.2) is 22.0 Å². The predicted molar refractivity (Wildman–Crippen MR) is 155 cm³/mol. The quantitative estimate of drug-likeness (QED) is 0.320. The number of sulfone groups is 1. The molecule has 0 unspecified atom stereocenters. The molecule has 1 fully saturated rings. The standard InChI is InChI=1S/C30H32F2N4O4S/c1-18-21-15-25(19-6-8-20(9-7-19)41(5,38)39)34-26(21)17-27(33-18)22-14-24(32)28(16-23(22)31)35-10-12-36(13-11-35)29(37)40-30(2,3)4/h6-9,14-17,34H,10-13H2,1-5H3. The molecule has 1 saturated heterocycles. The van der Waals surface area contributed by atoms with Crippen LogP contribution >= 0.6 is 0 Å². The van der Waals surface area contributed by atoms with E-state index in [4.69, 9.17) is 4.74 Å². The molecular formula is C30H32F2N4O4S. The van der Waals surface area contributed by atoms with Gasteiger partial charge in [0.1, 0.15) is 17.2 Å². The summed E-state index contributed by atoms with van der Waals surface area (Å²) in [5.41, 5.74) is 2.70. The number of piperazine rings is 1. The highest BCUT2D eigenvalue weighted by Gasteiger charge is 2.27. The third-order valence-electron chi connectivity index (χ3n) is 6.99. The van der Waals surface area contributed by atoms with Crippen LogP contribution in [0.3, 0.4) is 0 Å². The average molecular weight is 583 g/mol. The van der Waals surface area contributed by atoms with E-state index in [-0.39, 0.29) is 21.8 Å². The molecule has 41 heavy (non-hydrogen) atoms. The highest BCUT2D eigenvalue weighted by atomic mass is 32.2. The molecule has 0 radical (unpaired) electrons. The van der Waals surface area contributed by atoms with Crippen LogP contribution in [0.15, 0.2) is 53.4 Å². The molecule has 1 aliphatic heterocycles. The second-order valence-corrected chi connectivity index (χ2v) is 13.3. The minimum absolute atomic E-state index is 0.0392. The molecule has 5 rings (SSSR count). The molecule has 1 amide bonds. The van der Waals surface area contributed by atoms with Crippen LogP contribution in [0.5, 0.6) is 0 Å². The van der Waals surface area contributed by atoms with E-state index >= 15 is 8.78 Å². The molecule has 1 N–H and O–H groups in total. The zero-order valence-corrected chi connectivity index (χ0v) is 24.4. The minimum Gasteiger partial charge on any atom is -0.444 e. The summed E-state index contributed by atoms with van der Waals surface area (Å²) >= 11 is 0. The normalized spacial score (nSPS) is 14.5. The number of nitrogens with zero attached hydrogens (tertiary/aromatic N) is 3. The smallest absolute Gasteiger partial charge is 0.410 e. The van der Waals surface area contributed by atoms with Crippen molar-refractivity contribution in [1.29, 1.82) is 0 Å². The number of hydrogen-bond acceptors (Lipinski definition) is 6. The van der Waals surface area contributed by atoms with E-state index in [1.54, 1.807) is 67.8 Å². The Bertz CT molecular complexity index is 1740. The number of aryl methyl sites for hydroxylation is 1. The van der Waals surface area contributed by atoms with E-state index < -0.39 is 33.2 Å². The summed E-state index contributed by atoms with van der Waals surface area (Å²) in [6, 6.07) is 12.4. The lowest BCUT2D eigenvalue weighted by molar-refractivity contribution is 0.0240. The fourth-order valence-electron chi connectivity index (χ4n) is 4.90. The molecule has 3 heterocycles. The number of ether oxygens (including phenoxy) is 1. The van der Waals surface area contributed by atoms with Crippen LogP contribution in [0.4, 0.5) is 19.3 Å². The van der Waals surface area contributed by atoms with Gasteiger partial charge in [0.05, 0.1) is 16.3 Å². The fourth-order valence-corrected chi connectivity index (χ4v) is 5.53. The van der Waals surface area contributed by atoms with Crippen molar-refractivity contribution >= 4 is 32.5 Å². The van der Waals surface area contributed by atoms with Gasteiger partial charge in [0.15, 0.2) is 9.84 Å². The Hall–Kier alpha value is -3.99. The lowest BCUT2D eigenvalue weighted by atomic mass is 10.1. The van der Waals surface area contributed by atoms with Crippen molar-refractivity contribution < 1.29 is 26.7 Å². The van der Waals surface area contributed by atoms with Gasteiger partial charge < -0.3 is 19.5 Å². The summed E-state index contributed by atoms with van der Waals surface area (Å²) in [4.78, 5) is 23.7. The highest BCUT2D eigenvalue weighted by Crippen LogP contribution is 2.33. The van der Waals surface area contributed by atoms with Crippen LogP contribution in [0.25, 0.3) is 33.4 Å². The lowest BCUT2D eigenvalue weighted by Crippen LogP contribution is -2.50. The molecule has 0 bridgehead atoms. The Kier molecular flexibility index (Phi) is 7.27. The molecule has 8 nitrogen and oxygen atoms in total. The van der Waals surface area contributed by atoms with Crippen molar-refractivity contribution in [3.63, 3.8) is 0 Å². The predicted octanol–water partition coefficient (Wildman–Crippen LogP) is 5.94. The SMILES string of the molecule is Cc1nc(-c2cc(F)c(N3CCN(C(=O)OC(C)(C)C)CC3)cc2F)cc2[nH]c(-c3ccc(S(C)(=O)=O)cc3)cc12. The summed E-state index contributed by atoms with van der Waals surface area (Å²) in [7, 11) is -3.31. The maximum absolute atomic E-state index is 15.4. The maximum Gasteiger partial charge on any atom is 0.410 e. The minimum atomic E-state index is -3.31. The van der Waals surface area contributed by atoms with E-state index in [0.29, 0.717) is 37.4 Å². The van der Waals surface area contributed by atoms with E-state index in [1.165, 1.54) is 6.07 Å². The lowest BCUT2D eigenvalue weighted by Gasteiger charge is -2.36. The van der Waals surface area contributed by atoms with E-state index in [0.717, 1.165) is 29.0 Å². The Morgan fingerprint density at radius 1 is 0.976 bits per heavy atom. The van der Waals surface area contributed by atoms with Crippen molar-refractivity contribution in [1.82, 2.24) is 14.9 Å². The van der Waals surface area contributed by atoms with E-state index in [9.17, 15) is 13.2 Å². The molecule has 2 aromatic heterocycles. The number of rotatable bonds is 4. The summed E-state index contributed by atoms with van der Waals surface area (Å²) in [5.74, 6) is -1.19. The zero-order chi connectivity index (χ0) is 29.7. The van der Waals surface area contributed by atoms with Crippen LogP contribution in [-0.2, 0) is 14.6 Å². The number of benzene rings is 2. The van der Waals surface area contributed by atoms with Crippen LogP contribution in [0.2, 0.25) is 0 Å². The zero-order valence-electron chi connectivity index (χ0n) is 23.6. The Balaban J connectivity index is 1.38. The molecule has 1 aliphatic rings. The third-order valence-corrected chi connectivity index (χ3v) is 8.11. The van der Waals surface area contributed by atoms with Crippen LogP contribution in [0.1, 0.15) is 26.5 Å². The molecule has 4 aromatic rings. The second-order valence-electron chi connectivity index (χ2n) is 11.3. The summed E-state index contributed by atoms with van der Waals surface area (Å²) in [6.07, 6.45) is 0.734. The van der Waals surface area contributed by atoms with E-state index in [2.05, 4.69) is 9.97 Å². The van der Waals surface area contributed by atoms with Crippen LogP contribution in [-0.4, -0.2) is 67.4 Å². The number of halogens is 2. The van der Waals surface area contributed by atoms with Crippen molar-refractivity contribution in [2.45, 2.75) is 38.2 Å². The second kappa shape index (κ2) is 10.4. The summed E-state index contributed by atoms with van der Waals surface area (Å²) < 4.78 is 59.7. The fraction of sp³-hybridized carbons (Fsp3) is 0.333. The maximum atomic E-state index is 15.4. The Morgan fingerprint density at radius 3 is 2.24 bits per heavy atom. The van der Waals surface area contributed by atoms with E-state index in [1.807, 2.05) is 6.07 Å². The van der Waals surface area contributed by atoms with Gasteiger partial charge in [-0.2, -0.15) is 0 Å². The number of carbonyl (C=O) groups excluding carboxylic acids is 1.